The van der Waals surface area contributed by atoms with E-state index in [-0.39, 0.29) is 13.1 Å². The highest BCUT2D eigenvalue weighted by Crippen LogP contribution is 2.31. The van der Waals surface area contributed by atoms with E-state index in [2.05, 4.69) is 20.7 Å². The number of rotatable bonds is 6. The Bertz CT molecular complexity index is 988. The number of para-hydroxylation sites is 1. The van der Waals surface area contributed by atoms with Gasteiger partial charge in [0.25, 0.3) is 11.8 Å². The average Bonchev–Trinajstić information content (AvgIpc) is 3.18. The van der Waals surface area contributed by atoms with Gasteiger partial charge in [-0.25, -0.2) is 4.68 Å². The topological polar surface area (TPSA) is 88.9 Å². The van der Waals surface area contributed by atoms with Crippen LogP contribution in [0.4, 0.5) is 13.2 Å². The molecule has 0 aliphatic rings. The van der Waals surface area contributed by atoms with E-state index in [1.54, 1.807) is 42.5 Å². The van der Waals surface area contributed by atoms with Crippen molar-refractivity contribution >= 4 is 11.8 Å². The van der Waals surface area contributed by atoms with Gasteiger partial charge in [-0.15, -0.1) is 0 Å². The van der Waals surface area contributed by atoms with Gasteiger partial charge in [-0.3, -0.25) is 14.6 Å². The molecule has 3 rings (SSSR count). The Morgan fingerprint density at radius 2 is 1.66 bits per heavy atom. The molecule has 2 N–H and O–H groups in total. The van der Waals surface area contributed by atoms with Crippen molar-refractivity contribution in [1.29, 1.82) is 0 Å². The van der Waals surface area contributed by atoms with Crippen LogP contribution in [-0.4, -0.2) is 39.7 Å². The third-order valence-corrected chi connectivity index (χ3v) is 3.87. The maximum atomic E-state index is 13.3. The summed E-state index contributed by atoms with van der Waals surface area (Å²) in [5.41, 5.74) is -1.15. The number of nitrogens with one attached hydrogen (secondary N) is 2. The van der Waals surface area contributed by atoms with Crippen molar-refractivity contribution in [3.05, 3.63) is 77.9 Å². The van der Waals surface area contributed by atoms with Crippen molar-refractivity contribution in [1.82, 2.24) is 25.4 Å². The van der Waals surface area contributed by atoms with Crippen molar-refractivity contribution in [3.63, 3.8) is 0 Å². The maximum absolute atomic E-state index is 13.3. The number of carbonyl (C=O) groups is 2. The number of amides is 2. The zero-order valence-corrected chi connectivity index (χ0v) is 15.0. The SMILES string of the molecule is O=C(NCCNC(=O)c1cn(-c2ccccc2)nc1C(F)(F)F)c1cccnc1. The van der Waals surface area contributed by atoms with Crippen molar-refractivity contribution in [2.45, 2.75) is 6.18 Å². The summed E-state index contributed by atoms with van der Waals surface area (Å²) in [5.74, 6) is -1.34. The lowest BCUT2D eigenvalue weighted by Crippen LogP contribution is -2.35. The lowest BCUT2D eigenvalue weighted by molar-refractivity contribution is -0.141. The van der Waals surface area contributed by atoms with Crippen LogP contribution in [0.2, 0.25) is 0 Å². The van der Waals surface area contributed by atoms with Gasteiger partial charge in [0.1, 0.15) is 0 Å². The second-order valence-corrected chi connectivity index (χ2v) is 5.92. The van der Waals surface area contributed by atoms with Gasteiger partial charge in [0.15, 0.2) is 5.69 Å². The van der Waals surface area contributed by atoms with E-state index in [0.717, 1.165) is 10.9 Å². The molecule has 2 aromatic heterocycles. The number of halogens is 3. The number of hydrogen-bond acceptors (Lipinski definition) is 4. The zero-order chi connectivity index (χ0) is 20.9. The van der Waals surface area contributed by atoms with Crippen LogP contribution < -0.4 is 10.6 Å². The van der Waals surface area contributed by atoms with Crippen molar-refractivity contribution in [3.8, 4) is 5.69 Å². The van der Waals surface area contributed by atoms with E-state index in [0.29, 0.717) is 11.3 Å². The minimum absolute atomic E-state index is 0.0354. The summed E-state index contributed by atoms with van der Waals surface area (Å²) < 4.78 is 40.9. The number of carbonyl (C=O) groups excluding carboxylic acids is 2. The Balaban J connectivity index is 1.65. The minimum atomic E-state index is -4.79. The molecule has 1 aromatic carbocycles. The molecule has 0 unspecified atom stereocenters. The third-order valence-electron chi connectivity index (χ3n) is 3.87. The molecule has 3 aromatic rings. The van der Waals surface area contributed by atoms with Gasteiger partial charge in [-0.2, -0.15) is 18.3 Å². The van der Waals surface area contributed by atoms with E-state index in [9.17, 15) is 22.8 Å². The highest BCUT2D eigenvalue weighted by molar-refractivity contribution is 5.95. The fraction of sp³-hybridized carbons (Fsp3) is 0.158. The summed E-state index contributed by atoms with van der Waals surface area (Å²) in [6.07, 6.45) is -0.866. The number of benzene rings is 1. The molecule has 2 heterocycles. The standard InChI is InChI=1S/C19H16F3N5O2/c20-19(21,22)16-15(12-27(26-16)14-6-2-1-3-7-14)18(29)25-10-9-24-17(28)13-5-4-8-23-11-13/h1-8,11-12H,9-10H2,(H,24,28)(H,25,29). The normalized spacial score (nSPS) is 11.1. The molecule has 29 heavy (non-hydrogen) atoms. The lowest BCUT2D eigenvalue weighted by Gasteiger charge is -2.08. The molecule has 0 atom stereocenters. The lowest BCUT2D eigenvalue weighted by atomic mass is 10.2. The molecule has 0 saturated heterocycles. The van der Waals surface area contributed by atoms with Gasteiger partial charge in [0, 0.05) is 31.7 Å². The van der Waals surface area contributed by atoms with E-state index in [1.807, 2.05) is 0 Å². The summed E-state index contributed by atoms with van der Waals surface area (Å²) in [6.45, 7) is -0.0215. The summed E-state index contributed by atoms with van der Waals surface area (Å²) in [4.78, 5) is 28.0. The number of aromatic nitrogens is 3. The molecule has 0 radical (unpaired) electrons. The molecular weight excluding hydrogens is 387 g/mol. The second kappa shape index (κ2) is 8.55. The summed E-state index contributed by atoms with van der Waals surface area (Å²) >= 11 is 0. The van der Waals surface area contributed by atoms with E-state index < -0.39 is 29.2 Å². The Hall–Kier alpha value is -3.69. The molecule has 150 valence electrons. The van der Waals surface area contributed by atoms with Crippen LogP contribution in [0.25, 0.3) is 5.69 Å². The number of nitrogens with zero attached hydrogens (tertiary/aromatic N) is 3. The molecule has 0 fully saturated rings. The molecule has 7 nitrogen and oxygen atoms in total. The van der Waals surface area contributed by atoms with Crippen LogP contribution in [-0.2, 0) is 6.18 Å². The van der Waals surface area contributed by atoms with Crippen molar-refractivity contribution in [2.24, 2.45) is 0 Å². The molecular formula is C19H16F3N5O2. The Labute approximate surface area is 163 Å². The highest BCUT2D eigenvalue weighted by Gasteiger charge is 2.39. The van der Waals surface area contributed by atoms with Gasteiger partial charge in [0.2, 0.25) is 0 Å². The molecule has 0 spiro atoms. The molecule has 0 saturated carbocycles. The second-order valence-electron chi connectivity index (χ2n) is 5.92. The van der Waals surface area contributed by atoms with Gasteiger partial charge < -0.3 is 10.6 Å². The van der Waals surface area contributed by atoms with Crippen LogP contribution in [0.3, 0.4) is 0 Å². The van der Waals surface area contributed by atoms with Gasteiger partial charge >= 0.3 is 6.18 Å². The first-order chi connectivity index (χ1) is 13.9. The monoisotopic (exact) mass is 403 g/mol. The van der Waals surface area contributed by atoms with Crippen molar-refractivity contribution < 1.29 is 22.8 Å². The fourth-order valence-electron chi connectivity index (χ4n) is 2.51. The van der Waals surface area contributed by atoms with Gasteiger partial charge in [0.05, 0.1) is 16.8 Å². The Morgan fingerprint density at radius 3 is 2.28 bits per heavy atom. The quantitative estimate of drug-likeness (QED) is 0.619. The zero-order valence-electron chi connectivity index (χ0n) is 15.0. The third kappa shape index (κ3) is 4.98. The largest absolute Gasteiger partial charge is 0.435 e. The molecule has 0 aliphatic carbocycles. The van der Waals surface area contributed by atoms with E-state index in [4.69, 9.17) is 0 Å². The van der Waals surface area contributed by atoms with Crippen LogP contribution >= 0.6 is 0 Å². The van der Waals surface area contributed by atoms with Gasteiger partial charge in [-0.05, 0) is 24.3 Å². The Morgan fingerprint density at radius 1 is 0.966 bits per heavy atom. The van der Waals surface area contributed by atoms with Crippen molar-refractivity contribution in [2.75, 3.05) is 13.1 Å². The number of hydrogen-bond donors (Lipinski definition) is 2. The summed E-state index contributed by atoms with van der Waals surface area (Å²) in [7, 11) is 0. The van der Waals surface area contributed by atoms with Crippen LogP contribution in [0.1, 0.15) is 26.4 Å². The maximum Gasteiger partial charge on any atom is 0.435 e. The molecule has 0 aliphatic heterocycles. The van der Waals surface area contributed by atoms with Crippen LogP contribution in [0, 0.1) is 0 Å². The summed E-state index contributed by atoms with van der Waals surface area (Å²) in [5, 5.41) is 8.43. The summed E-state index contributed by atoms with van der Waals surface area (Å²) in [6, 6.07) is 11.3. The van der Waals surface area contributed by atoms with Crippen LogP contribution in [0.5, 0.6) is 0 Å². The Kier molecular flexibility index (Phi) is 5.91. The molecule has 0 bridgehead atoms. The van der Waals surface area contributed by atoms with Crippen LogP contribution in [0.15, 0.2) is 61.1 Å². The predicted octanol–water partition coefficient (Wildman–Crippen LogP) is 2.45. The smallest absolute Gasteiger partial charge is 0.350 e. The first-order valence-electron chi connectivity index (χ1n) is 8.55. The highest BCUT2D eigenvalue weighted by atomic mass is 19.4. The molecule has 10 heteroatoms. The predicted molar refractivity (Wildman–Crippen MR) is 97.5 cm³/mol. The van der Waals surface area contributed by atoms with E-state index in [1.165, 1.54) is 12.4 Å². The number of pyridine rings is 1. The first-order valence-corrected chi connectivity index (χ1v) is 8.55. The number of alkyl halides is 3. The minimum Gasteiger partial charge on any atom is -0.350 e. The van der Waals surface area contributed by atoms with Gasteiger partial charge in [-0.1, -0.05) is 18.2 Å². The fourth-order valence-corrected chi connectivity index (χ4v) is 2.51. The van der Waals surface area contributed by atoms with E-state index >= 15 is 0 Å². The first kappa shape index (κ1) is 20.1. The average molecular weight is 403 g/mol. The molecule has 2 amide bonds.